The number of carbonyl (C=O) groups excluding carboxylic acids is 1. The van der Waals surface area contributed by atoms with Crippen molar-refractivity contribution < 1.29 is 4.79 Å². The van der Waals surface area contributed by atoms with Crippen LogP contribution >= 0.6 is 0 Å². The smallest absolute Gasteiger partial charge is 0.223 e. The summed E-state index contributed by atoms with van der Waals surface area (Å²) < 4.78 is 2.01. The Morgan fingerprint density at radius 3 is 2.32 bits per heavy atom. The summed E-state index contributed by atoms with van der Waals surface area (Å²) in [7, 11) is 1.92. The van der Waals surface area contributed by atoms with Gasteiger partial charge in [0, 0.05) is 32.4 Å². The number of rotatable bonds is 5. The third-order valence-corrected chi connectivity index (χ3v) is 4.95. The van der Waals surface area contributed by atoms with E-state index in [4.69, 9.17) is 0 Å². The van der Waals surface area contributed by atoms with Gasteiger partial charge in [-0.05, 0) is 28.7 Å². The average Bonchev–Trinajstić information content (AvgIpc) is 3.27. The van der Waals surface area contributed by atoms with Gasteiger partial charge in [0.1, 0.15) is 0 Å². The molecular formula is C21H21N3O. The van der Waals surface area contributed by atoms with E-state index in [1.807, 2.05) is 22.7 Å². The van der Waals surface area contributed by atoms with Crippen molar-refractivity contribution in [2.24, 2.45) is 0 Å². The molecule has 0 radical (unpaired) electrons. The maximum atomic E-state index is 12.8. The van der Waals surface area contributed by atoms with E-state index < -0.39 is 0 Å². The van der Waals surface area contributed by atoms with Crippen LogP contribution in [0.5, 0.6) is 0 Å². The maximum absolute atomic E-state index is 12.8. The molecular weight excluding hydrogens is 310 g/mol. The van der Waals surface area contributed by atoms with Crippen LogP contribution in [0.2, 0.25) is 0 Å². The summed E-state index contributed by atoms with van der Waals surface area (Å²) in [6.45, 7) is 0.817. The number of hydrogen-bond acceptors (Lipinski definition) is 2. The van der Waals surface area contributed by atoms with E-state index in [9.17, 15) is 4.79 Å². The largest absolute Gasteiger partial charge is 0.337 e. The first kappa shape index (κ1) is 15.6. The van der Waals surface area contributed by atoms with Crippen molar-refractivity contribution in [2.45, 2.75) is 25.4 Å². The Labute approximate surface area is 147 Å². The molecule has 0 atom stereocenters. The number of imidazole rings is 1. The van der Waals surface area contributed by atoms with E-state index in [1.165, 1.54) is 22.3 Å². The van der Waals surface area contributed by atoms with Gasteiger partial charge in [-0.25, -0.2) is 4.98 Å². The van der Waals surface area contributed by atoms with Gasteiger partial charge >= 0.3 is 0 Å². The first-order valence-corrected chi connectivity index (χ1v) is 8.65. The lowest BCUT2D eigenvalue weighted by molar-refractivity contribution is -0.131. The highest BCUT2D eigenvalue weighted by atomic mass is 16.2. The van der Waals surface area contributed by atoms with Crippen molar-refractivity contribution in [1.82, 2.24) is 14.5 Å². The zero-order valence-corrected chi connectivity index (χ0v) is 14.3. The number of benzene rings is 2. The zero-order valence-electron chi connectivity index (χ0n) is 14.3. The van der Waals surface area contributed by atoms with Gasteiger partial charge in [-0.3, -0.25) is 4.79 Å². The lowest BCUT2D eigenvalue weighted by Crippen LogP contribution is -2.30. The minimum absolute atomic E-state index is 0.00754. The molecule has 126 valence electrons. The first-order valence-electron chi connectivity index (χ1n) is 8.65. The molecule has 0 unspecified atom stereocenters. The molecule has 1 aliphatic carbocycles. The predicted octanol–water partition coefficient (Wildman–Crippen LogP) is 3.89. The SMILES string of the molecule is CN(C(=O)CCCn1ccnc1)C1c2ccccc2-c2ccccc21. The van der Waals surface area contributed by atoms with Crippen molar-refractivity contribution in [3.8, 4) is 11.1 Å². The average molecular weight is 331 g/mol. The number of amides is 1. The van der Waals surface area contributed by atoms with Gasteiger partial charge in [0.15, 0.2) is 0 Å². The molecule has 0 saturated heterocycles. The highest BCUT2D eigenvalue weighted by molar-refractivity contribution is 5.83. The second-order valence-corrected chi connectivity index (χ2v) is 6.49. The quantitative estimate of drug-likeness (QED) is 0.711. The second kappa shape index (κ2) is 6.55. The normalized spacial score (nSPS) is 12.7. The molecule has 25 heavy (non-hydrogen) atoms. The molecule has 1 heterocycles. The molecule has 0 saturated carbocycles. The zero-order chi connectivity index (χ0) is 17.2. The van der Waals surface area contributed by atoms with Crippen LogP contribution in [0.3, 0.4) is 0 Å². The van der Waals surface area contributed by atoms with Crippen molar-refractivity contribution in [2.75, 3.05) is 7.05 Å². The van der Waals surface area contributed by atoms with Gasteiger partial charge in [-0.2, -0.15) is 0 Å². The minimum Gasteiger partial charge on any atom is -0.337 e. The molecule has 0 aliphatic heterocycles. The van der Waals surface area contributed by atoms with Gasteiger partial charge in [0.2, 0.25) is 5.91 Å². The fourth-order valence-electron chi connectivity index (χ4n) is 3.70. The monoisotopic (exact) mass is 331 g/mol. The highest BCUT2D eigenvalue weighted by Gasteiger charge is 2.32. The second-order valence-electron chi connectivity index (χ2n) is 6.49. The molecule has 0 spiro atoms. The molecule has 4 heteroatoms. The number of aryl methyl sites for hydroxylation is 1. The highest BCUT2D eigenvalue weighted by Crippen LogP contribution is 2.45. The van der Waals surface area contributed by atoms with Crippen LogP contribution in [0, 0.1) is 0 Å². The molecule has 0 bridgehead atoms. The summed E-state index contributed by atoms with van der Waals surface area (Å²) in [5.41, 5.74) is 4.91. The topological polar surface area (TPSA) is 38.1 Å². The van der Waals surface area contributed by atoms with E-state index in [2.05, 4.69) is 53.5 Å². The van der Waals surface area contributed by atoms with Crippen LogP contribution in [0.1, 0.15) is 30.0 Å². The van der Waals surface area contributed by atoms with E-state index in [-0.39, 0.29) is 11.9 Å². The van der Waals surface area contributed by atoms with Crippen LogP contribution in [0.25, 0.3) is 11.1 Å². The van der Waals surface area contributed by atoms with Crippen LogP contribution in [0.4, 0.5) is 0 Å². The van der Waals surface area contributed by atoms with Crippen molar-refractivity contribution >= 4 is 5.91 Å². The molecule has 1 aromatic heterocycles. The van der Waals surface area contributed by atoms with Gasteiger partial charge in [-0.1, -0.05) is 48.5 Å². The van der Waals surface area contributed by atoms with Crippen molar-refractivity contribution in [3.05, 3.63) is 78.4 Å². The number of nitrogens with zero attached hydrogens (tertiary/aromatic N) is 3. The van der Waals surface area contributed by atoms with E-state index >= 15 is 0 Å². The minimum atomic E-state index is 0.00754. The number of carbonyl (C=O) groups is 1. The molecule has 0 fully saturated rings. The van der Waals surface area contributed by atoms with Gasteiger partial charge < -0.3 is 9.47 Å². The van der Waals surface area contributed by atoms with Crippen molar-refractivity contribution in [1.29, 1.82) is 0 Å². The Morgan fingerprint density at radius 1 is 1.08 bits per heavy atom. The predicted molar refractivity (Wildman–Crippen MR) is 98.0 cm³/mol. The van der Waals surface area contributed by atoms with Crippen LogP contribution in [0.15, 0.2) is 67.3 Å². The van der Waals surface area contributed by atoms with Crippen LogP contribution in [-0.2, 0) is 11.3 Å². The summed E-state index contributed by atoms with van der Waals surface area (Å²) >= 11 is 0. The molecule has 1 aliphatic rings. The molecule has 0 N–H and O–H groups in total. The fraction of sp³-hybridized carbons (Fsp3) is 0.238. The fourth-order valence-corrected chi connectivity index (χ4v) is 3.70. The Hall–Kier alpha value is -2.88. The van der Waals surface area contributed by atoms with E-state index in [1.54, 1.807) is 12.5 Å². The Balaban J connectivity index is 1.53. The maximum Gasteiger partial charge on any atom is 0.223 e. The summed E-state index contributed by atoms with van der Waals surface area (Å²) in [6.07, 6.45) is 6.83. The lowest BCUT2D eigenvalue weighted by Gasteiger charge is -2.26. The third kappa shape index (κ3) is 2.84. The summed E-state index contributed by atoms with van der Waals surface area (Å²) in [4.78, 5) is 18.7. The van der Waals surface area contributed by atoms with Crippen LogP contribution < -0.4 is 0 Å². The van der Waals surface area contributed by atoms with Crippen molar-refractivity contribution in [3.63, 3.8) is 0 Å². The molecule has 4 nitrogen and oxygen atoms in total. The third-order valence-electron chi connectivity index (χ3n) is 4.95. The summed E-state index contributed by atoms with van der Waals surface area (Å²) in [5, 5.41) is 0. The molecule has 2 aromatic carbocycles. The molecule has 3 aromatic rings. The molecule has 4 rings (SSSR count). The lowest BCUT2D eigenvalue weighted by atomic mass is 10.0. The van der Waals surface area contributed by atoms with Gasteiger partial charge in [-0.15, -0.1) is 0 Å². The Bertz CT molecular complexity index is 840. The summed E-state index contributed by atoms with van der Waals surface area (Å²) in [5.74, 6) is 0.177. The van der Waals surface area contributed by atoms with Gasteiger partial charge in [0.25, 0.3) is 0 Å². The Morgan fingerprint density at radius 2 is 1.72 bits per heavy atom. The van der Waals surface area contributed by atoms with E-state index in [0.29, 0.717) is 6.42 Å². The number of aromatic nitrogens is 2. The molecule has 1 amide bonds. The van der Waals surface area contributed by atoms with E-state index in [0.717, 1.165) is 13.0 Å². The number of fused-ring (bicyclic) bond motifs is 3. The van der Waals surface area contributed by atoms with Crippen LogP contribution in [-0.4, -0.2) is 27.4 Å². The van der Waals surface area contributed by atoms with Gasteiger partial charge in [0.05, 0.1) is 12.4 Å². The standard InChI is InChI=1S/C21H21N3O/c1-23(20(25)11-6-13-24-14-12-22-15-24)21-18-9-4-2-7-16(18)17-8-3-5-10-19(17)21/h2-5,7-10,12,14-15,21H,6,11,13H2,1H3. The Kier molecular flexibility index (Phi) is 4.10. The summed E-state index contributed by atoms with van der Waals surface area (Å²) in [6, 6.07) is 16.8. The number of hydrogen-bond donors (Lipinski definition) is 0. The first-order chi connectivity index (χ1) is 12.3.